The van der Waals surface area contributed by atoms with Crippen LogP contribution in [0.1, 0.15) is 10.4 Å². The van der Waals surface area contributed by atoms with Crippen molar-refractivity contribution in [3.8, 4) is 0 Å². The molecule has 0 unspecified atom stereocenters. The van der Waals surface area contributed by atoms with Gasteiger partial charge in [0.2, 0.25) is 0 Å². The topological polar surface area (TPSA) is 40.5 Å². The standard InChI is InChI=1S/C6H8S.BH2O2/c1-5-3-4-7-6(5)2;2-1-3/h3-4H,1-2H3;2-3H. The fraction of sp³-hybridized carbons (Fsp3) is 0.333. The highest BCUT2D eigenvalue weighted by Crippen LogP contribution is 2.12. The summed E-state index contributed by atoms with van der Waals surface area (Å²) in [7, 11) is 0. The second-order valence-corrected chi connectivity index (χ2v) is 2.90. The first-order chi connectivity index (χ1) is 4.72. The maximum absolute atomic E-state index is 7.00. The van der Waals surface area contributed by atoms with Crippen LogP contribution in [0, 0.1) is 13.8 Å². The zero-order chi connectivity index (χ0) is 7.98. The minimum atomic E-state index is 0. The van der Waals surface area contributed by atoms with E-state index in [9.17, 15) is 0 Å². The van der Waals surface area contributed by atoms with E-state index in [4.69, 9.17) is 10.0 Å². The van der Waals surface area contributed by atoms with Crippen LogP contribution < -0.4 is 0 Å². The van der Waals surface area contributed by atoms with Crippen LogP contribution in [0.5, 0.6) is 0 Å². The first kappa shape index (κ1) is 9.68. The van der Waals surface area contributed by atoms with Crippen molar-refractivity contribution in [2.45, 2.75) is 13.8 Å². The summed E-state index contributed by atoms with van der Waals surface area (Å²) in [6.07, 6.45) is 0. The molecule has 2 N–H and O–H groups in total. The molecule has 0 spiro atoms. The van der Waals surface area contributed by atoms with Gasteiger partial charge in [-0.15, -0.1) is 11.3 Å². The molecule has 0 aliphatic heterocycles. The number of aryl methyl sites for hydroxylation is 2. The summed E-state index contributed by atoms with van der Waals surface area (Å²) < 4.78 is 0. The van der Waals surface area contributed by atoms with Crippen molar-refractivity contribution in [2.75, 3.05) is 0 Å². The average molecular weight is 157 g/mol. The first-order valence-corrected chi connectivity index (χ1v) is 3.71. The summed E-state index contributed by atoms with van der Waals surface area (Å²) in [5.41, 5.74) is 1.41. The van der Waals surface area contributed by atoms with Gasteiger partial charge in [0.25, 0.3) is 0 Å². The lowest BCUT2D eigenvalue weighted by Crippen LogP contribution is -1.75. The Labute approximate surface area is 65.5 Å². The lowest BCUT2D eigenvalue weighted by Gasteiger charge is -1.79. The van der Waals surface area contributed by atoms with E-state index in [0.717, 1.165) is 0 Å². The molecule has 0 bridgehead atoms. The molecule has 0 saturated heterocycles. The summed E-state index contributed by atoms with van der Waals surface area (Å²) in [5.74, 6) is 0. The molecule has 0 amide bonds. The summed E-state index contributed by atoms with van der Waals surface area (Å²) in [5, 5.41) is 16.1. The van der Waals surface area contributed by atoms with E-state index in [0.29, 0.717) is 0 Å². The molecular weight excluding hydrogens is 147 g/mol. The highest BCUT2D eigenvalue weighted by atomic mass is 32.1. The molecule has 1 radical (unpaired) electrons. The van der Waals surface area contributed by atoms with E-state index in [1.807, 2.05) is 0 Å². The molecule has 0 fully saturated rings. The monoisotopic (exact) mass is 157 g/mol. The van der Waals surface area contributed by atoms with E-state index in [1.165, 1.54) is 10.4 Å². The van der Waals surface area contributed by atoms with Crippen LogP contribution in [0.4, 0.5) is 0 Å². The van der Waals surface area contributed by atoms with Gasteiger partial charge in [-0.1, -0.05) is 0 Å². The van der Waals surface area contributed by atoms with Crippen molar-refractivity contribution in [1.29, 1.82) is 0 Å². The lowest BCUT2D eigenvalue weighted by molar-refractivity contribution is 0.448. The fourth-order valence-electron chi connectivity index (χ4n) is 0.448. The van der Waals surface area contributed by atoms with Crippen molar-refractivity contribution in [1.82, 2.24) is 0 Å². The van der Waals surface area contributed by atoms with Crippen LogP contribution >= 0.6 is 11.3 Å². The lowest BCUT2D eigenvalue weighted by atomic mass is 10.3. The van der Waals surface area contributed by atoms with Gasteiger partial charge in [-0.2, -0.15) is 0 Å². The Hall–Kier alpha value is -0.315. The molecule has 2 nitrogen and oxygen atoms in total. The Morgan fingerprint density at radius 2 is 1.90 bits per heavy atom. The fourth-order valence-corrected chi connectivity index (χ4v) is 1.18. The van der Waals surface area contributed by atoms with E-state index in [1.54, 1.807) is 11.3 Å². The minimum absolute atomic E-state index is 0. The van der Waals surface area contributed by atoms with Crippen molar-refractivity contribution < 1.29 is 10.0 Å². The normalized spacial score (nSPS) is 8.00. The average Bonchev–Trinajstić information content (AvgIpc) is 2.19. The molecule has 0 aliphatic carbocycles. The quantitative estimate of drug-likeness (QED) is 0.548. The predicted octanol–water partition coefficient (Wildman–Crippen LogP) is 0.870. The molecule has 1 aromatic rings. The van der Waals surface area contributed by atoms with Crippen LogP contribution in [-0.2, 0) is 0 Å². The summed E-state index contributed by atoms with van der Waals surface area (Å²) >= 11 is 1.80. The van der Waals surface area contributed by atoms with E-state index >= 15 is 0 Å². The van der Waals surface area contributed by atoms with Gasteiger partial charge < -0.3 is 10.0 Å². The van der Waals surface area contributed by atoms with Crippen molar-refractivity contribution in [3.63, 3.8) is 0 Å². The van der Waals surface area contributed by atoms with Gasteiger partial charge in [0, 0.05) is 4.88 Å². The summed E-state index contributed by atoms with van der Waals surface area (Å²) in [6.45, 7) is 4.27. The molecule has 4 heteroatoms. The van der Waals surface area contributed by atoms with Crippen LogP contribution in [-0.4, -0.2) is 17.7 Å². The second-order valence-electron chi connectivity index (χ2n) is 1.78. The van der Waals surface area contributed by atoms with E-state index in [2.05, 4.69) is 25.3 Å². The molecule has 1 heterocycles. The summed E-state index contributed by atoms with van der Waals surface area (Å²) in [4.78, 5) is 1.43. The highest BCUT2D eigenvalue weighted by molar-refractivity contribution is 7.10. The molecule has 0 aliphatic rings. The molecule has 1 rings (SSSR count). The molecule has 0 aromatic carbocycles. The zero-order valence-electron chi connectivity index (χ0n) is 6.03. The van der Waals surface area contributed by atoms with Crippen LogP contribution in [0.15, 0.2) is 11.4 Å². The Kier molecular flexibility index (Phi) is 5.30. The van der Waals surface area contributed by atoms with Crippen molar-refractivity contribution >= 4 is 19.0 Å². The Morgan fingerprint density at radius 3 is 2.00 bits per heavy atom. The van der Waals surface area contributed by atoms with Crippen LogP contribution in [0.25, 0.3) is 0 Å². The van der Waals surface area contributed by atoms with Gasteiger partial charge >= 0.3 is 7.69 Å². The number of rotatable bonds is 0. The maximum Gasteiger partial charge on any atom is 0.482 e. The number of thiophene rings is 1. The SMILES string of the molecule is Cc1ccsc1C.O[B]O. The predicted molar refractivity (Wildman–Crippen MR) is 44.0 cm³/mol. The van der Waals surface area contributed by atoms with Gasteiger partial charge in [-0.25, -0.2) is 0 Å². The van der Waals surface area contributed by atoms with Gasteiger partial charge in [0.15, 0.2) is 0 Å². The molecule has 0 saturated carbocycles. The molecule has 0 atom stereocenters. The first-order valence-electron chi connectivity index (χ1n) is 2.83. The molecule has 10 heavy (non-hydrogen) atoms. The third-order valence-corrected chi connectivity index (χ3v) is 2.07. The Balaban J connectivity index is 0.000000236. The van der Waals surface area contributed by atoms with Crippen molar-refractivity contribution in [2.24, 2.45) is 0 Å². The zero-order valence-corrected chi connectivity index (χ0v) is 6.85. The van der Waals surface area contributed by atoms with Gasteiger partial charge in [-0.05, 0) is 30.9 Å². The van der Waals surface area contributed by atoms with Gasteiger partial charge in [0.1, 0.15) is 0 Å². The summed E-state index contributed by atoms with van der Waals surface area (Å²) in [6, 6.07) is 2.14. The maximum atomic E-state index is 7.00. The van der Waals surface area contributed by atoms with Crippen LogP contribution in [0.3, 0.4) is 0 Å². The Morgan fingerprint density at radius 1 is 1.40 bits per heavy atom. The third-order valence-electron chi connectivity index (χ3n) is 1.12. The van der Waals surface area contributed by atoms with Crippen molar-refractivity contribution in [3.05, 3.63) is 21.9 Å². The number of hydrogen-bond donors (Lipinski definition) is 2. The van der Waals surface area contributed by atoms with E-state index < -0.39 is 0 Å². The Bertz CT molecular complexity index is 160. The number of hydrogen-bond acceptors (Lipinski definition) is 3. The second kappa shape index (κ2) is 5.47. The molecule has 1 aromatic heterocycles. The smallest absolute Gasteiger partial charge is 0.429 e. The van der Waals surface area contributed by atoms with Crippen LogP contribution in [0.2, 0.25) is 0 Å². The highest BCUT2D eigenvalue weighted by Gasteiger charge is 1.87. The third kappa shape index (κ3) is 3.66. The van der Waals surface area contributed by atoms with Gasteiger partial charge in [-0.3, -0.25) is 0 Å². The van der Waals surface area contributed by atoms with E-state index in [-0.39, 0.29) is 7.69 Å². The minimum Gasteiger partial charge on any atom is -0.429 e. The molecule has 55 valence electrons. The molecular formula is C6H10BO2S. The van der Waals surface area contributed by atoms with Gasteiger partial charge in [0.05, 0.1) is 0 Å². The largest absolute Gasteiger partial charge is 0.482 e.